The fourth-order valence-electron chi connectivity index (χ4n) is 1.54. The average molecular weight is 240 g/mol. The summed E-state index contributed by atoms with van der Waals surface area (Å²) in [5.41, 5.74) is 0. The smallest absolute Gasteiger partial charge is 0.0328 e. The molecule has 3 heteroatoms. The average Bonchev–Trinajstić information content (AvgIpc) is 2.69. The van der Waals surface area contributed by atoms with Gasteiger partial charge < -0.3 is 5.32 Å². The third kappa shape index (κ3) is 5.10. The topological polar surface area (TPSA) is 15.3 Å². The van der Waals surface area contributed by atoms with E-state index in [1.54, 1.807) is 0 Å². The maximum Gasteiger partial charge on any atom is 0.0328 e. The minimum absolute atomic E-state index is 0.584. The number of hydrogen-bond acceptors (Lipinski definition) is 3. The van der Waals surface area contributed by atoms with Crippen LogP contribution in [0.5, 0.6) is 0 Å². The summed E-state index contributed by atoms with van der Waals surface area (Å²) in [7, 11) is 2.20. The second-order valence-corrected chi connectivity index (χ2v) is 5.93. The van der Waals surface area contributed by atoms with E-state index in [2.05, 4.69) is 55.5 Å². The van der Waals surface area contributed by atoms with Crippen LogP contribution in [-0.4, -0.2) is 31.1 Å². The fourth-order valence-corrected chi connectivity index (χ4v) is 2.31. The number of rotatable bonds is 7. The number of nitrogens with zero attached hydrogens (tertiary/aromatic N) is 1. The first-order chi connectivity index (χ1) is 7.59. The molecule has 1 aromatic rings. The summed E-state index contributed by atoms with van der Waals surface area (Å²) in [5.74, 6) is 0.731. The molecule has 1 N–H and O–H groups in total. The van der Waals surface area contributed by atoms with Crippen molar-refractivity contribution < 1.29 is 0 Å². The molecule has 0 spiro atoms. The number of hydrogen-bond donors (Lipinski definition) is 1. The summed E-state index contributed by atoms with van der Waals surface area (Å²) in [5, 5.41) is 5.65. The van der Waals surface area contributed by atoms with Crippen molar-refractivity contribution in [2.75, 3.05) is 20.1 Å². The second kappa shape index (κ2) is 7.05. The van der Waals surface area contributed by atoms with Crippen molar-refractivity contribution in [1.29, 1.82) is 0 Å². The SMILES string of the molecule is CC(C)CNCC(C)N(C)Cc1cccs1. The quantitative estimate of drug-likeness (QED) is 0.788. The Labute approximate surface area is 104 Å². The zero-order valence-corrected chi connectivity index (χ0v) is 11.7. The van der Waals surface area contributed by atoms with Gasteiger partial charge in [0.25, 0.3) is 0 Å². The largest absolute Gasteiger partial charge is 0.315 e. The first kappa shape index (κ1) is 13.7. The molecule has 1 aromatic heterocycles. The van der Waals surface area contributed by atoms with Crippen molar-refractivity contribution in [3.8, 4) is 0 Å². The van der Waals surface area contributed by atoms with Gasteiger partial charge in [-0.3, -0.25) is 4.90 Å². The van der Waals surface area contributed by atoms with E-state index < -0.39 is 0 Å². The minimum Gasteiger partial charge on any atom is -0.315 e. The van der Waals surface area contributed by atoms with Crippen molar-refractivity contribution in [3.05, 3.63) is 22.4 Å². The van der Waals surface area contributed by atoms with Gasteiger partial charge in [-0.2, -0.15) is 0 Å². The van der Waals surface area contributed by atoms with Gasteiger partial charge >= 0.3 is 0 Å². The lowest BCUT2D eigenvalue weighted by molar-refractivity contribution is 0.243. The minimum atomic E-state index is 0.584. The maximum absolute atomic E-state index is 3.51. The van der Waals surface area contributed by atoms with Gasteiger partial charge in [0.05, 0.1) is 0 Å². The Bertz CT molecular complexity index is 269. The Kier molecular flexibility index (Phi) is 6.03. The summed E-state index contributed by atoms with van der Waals surface area (Å²) >= 11 is 1.84. The number of thiophene rings is 1. The predicted octanol–water partition coefficient (Wildman–Crippen LogP) is 2.81. The molecule has 0 aliphatic heterocycles. The molecule has 0 bridgehead atoms. The van der Waals surface area contributed by atoms with E-state index in [0.717, 1.165) is 25.6 Å². The van der Waals surface area contributed by atoms with E-state index in [9.17, 15) is 0 Å². The summed E-state index contributed by atoms with van der Waals surface area (Å²) in [6, 6.07) is 4.91. The number of likely N-dealkylation sites (N-methyl/N-ethyl adjacent to an activating group) is 1. The van der Waals surface area contributed by atoms with E-state index in [1.165, 1.54) is 4.88 Å². The van der Waals surface area contributed by atoms with E-state index in [1.807, 2.05) is 11.3 Å². The Balaban J connectivity index is 2.22. The van der Waals surface area contributed by atoms with Crippen molar-refractivity contribution in [1.82, 2.24) is 10.2 Å². The van der Waals surface area contributed by atoms with Crippen molar-refractivity contribution in [2.45, 2.75) is 33.4 Å². The zero-order chi connectivity index (χ0) is 12.0. The molecule has 0 saturated carbocycles. The molecule has 0 aliphatic rings. The first-order valence-corrected chi connectivity index (χ1v) is 6.91. The summed E-state index contributed by atoms with van der Waals surface area (Å²) < 4.78 is 0. The normalized spacial score (nSPS) is 13.6. The van der Waals surface area contributed by atoms with Crippen molar-refractivity contribution in [2.24, 2.45) is 5.92 Å². The second-order valence-electron chi connectivity index (χ2n) is 4.90. The summed E-state index contributed by atoms with van der Waals surface area (Å²) in [4.78, 5) is 3.84. The van der Waals surface area contributed by atoms with Crippen LogP contribution in [0.4, 0.5) is 0 Å². The first-order valence-electron chi connectivity index (χ1n) is 6.03. The van der Waals surface area contributed by atoms with Gasteiger partial charge in [0.1, 0.15) is 0 Å². The molecule has 0 aromatic carbocycles. The van der Waals surface area contributed by atoms with Gasteiger partial charge in [0, 0.05) is 24.0 Å². The van der Waals surface area contributed by atoms with Crippen molar-refractivity contribution >= 4 is 11.3 Å². The van der Waals surface area contributed by atoms with Gasteiger partial charge in [-0.15, -0.1) is 11.3 Å². The number of nitrogens with one attached hydrogen (secondary N) is 1. The molecule has 1 heterocycles. The maximum atomic E-state index is 3.51. The van der Waals surface area contributed by atoms with Crippen LogP contribution in [0.25, 0.3) is 0 Å². The highest BCUT2D eigenvalue weighted by molar-refractivity contribution is 7.09. The van der Waals surface area contributed by atoms with Gasteiger partial charge in [0.15, 0.2) is 0 Å². The Morgan fingerprint density at radius 2 is 2.06 bits per heavy atom. The summed E-state index contributed by atoms with van der Waals surface area (Å²) in [6.45, 7) is 10.0. The standard InChI is InChI=1S/C13H24N2S/c1-11(2)8-14-9-12(3)15(4)10-13-6-5-7-16-13/h5-7,11-12,14H,8-10H2,1-4H3. The monoisotopic (exact) mass is 240 g/mol. The third-order valence-corrected chi connectivity index (χ3v) is 3.59. The lowest BCUT2D eigenvalue weighted by Crippen LogP contribution is -2.38. The van der Waals surface area contributed by atoms with Gasteiger partial charge in [-0.1, -0.05) is 19.9 Å². The highest BCUT2D eigenvalue weighted by Gasteiger charge is 2.09. The highest BCUT2D eigenvalue weighted by Crippen LogP contribution is 2.12. The fraction of sp³-hybridized carbons (Fsp3) is 0.692. The molecule has 16 heavy (non-hydrogen) atoms. The molecule has 0 saturated heterocycles. The molecule has 92 valence electrons. The Morgan fingerprint density at radius 3 is 2.62 bits per heavy atom. The molecular formula is C13H24N2S. The van der Waals surface area contributed by atoms with Crippen LogP contribution in [-0.2, 0) is 6.54 Å². The van der Waals surface area contributed by atoms with E-state index >= 15 is 0 Å². The van der Waals surface area contributed by atoms with Crippen LogP contribution in [0.3, 0.4) is 0 Å². The molecule has 2 nitrogen and oxygen atoms in total. The lowest BCUT2D eigenvalue weighted by Gasteiger charge is -2.24. The van der Waals surface area contributed by atoms with Crippen LogP contribution in [0.15, 0.2) is 17.5 Å². The van der Waals surface area contributed by atoms with Gasteiger partial charge in [-0.05, 0) is 37.9 Å². The molecule has 0 fully saturated rings. The highest BCUT2D eigenvalue weighted by atomic mass is 32.1. The van der Waals surface area contributed by atoms with E-state index in [0.29, 0.717) is 6.04 Å². The van der Waals surface area contributed by atoms with Crippen LogP contribution < -0.4 is 5.32 Å². The predicted molar refractivity (Wildman–Crippen MR) is 73.0 cm³/mol. The van der Waals surface area contributed by atoms with Crippen LogP contribution in [0, 0.1) is 5.92 Å². The Hall–Kier alpha value is -0.380. The molecular weight excluding hydrogens is 216 g/mol. The molecule has 0 amide bonds. The van der Waals surface area contributed by atoms with Gasteiger partial charge in [-0.25, -0.2) is 0 Å². The molecule has 1 unspecified atom stereocenters. The zero-order valence-electron chi connectivity index (χ0n) is 10.9. The van der Waals surface area contributed by atoms with Crippen LogP contribution >= 0.6 is 11.3 Å². The Morgan fingerprint density at radius 1 is 1.31 bits per heavy atom. The van der Waals surface area contributed by atoms with E-state index in [-0.39, 0.29) is 0 Å². The van der Waals surface area contributed by atoms with Crippen LogP contribution in [0.2, 0.25) is 0 Å². The molecule has 0 radical (unpaired) electrons. The summed E-state index contributed by atoms with van der Waals surface area (Å²) in [6.07, 6.45) is 0. The van der Waals surface area contributed by atoms with E-state index in [4.69, 9.17) is 0 Å². The lowest BCUT2D eigenvalue weighted by atomic mass is 10.2. The molecule has 0 aliphatic carbocycles. The molecule has 1 atom stereocenters. The van der Waals surface area contributed by atoms with Gasteiger partial charge in [0.2, 0.25) is 0 Å². The van der Waals surface area contributed by atoms with Crippen LogP contribution in [0.1, 0.15) is 25.6 Å². The third-order valence-electron chi connectivity index (χ3n) is 2.73. The van der Waals surface area contributed by atoms with Crippen molar-refractivity contribution in [3.63, 3.8) is 0 Å². The molecule has 1 rings (SSSR count).